The predicted octanol–water partition coefficient (Wildman–Crippen LogP) is 5.05. The van der Waals surface area contributed by atoms with Crippen LogP contribution in [0.5, 0.6) is 11.5 Å². The van der Waals surface area contributed by atoms with E-state index in [1.54, 1.807) is 35.6 Å². The molecule has 2 aromatic carbocycles. The molecule has 0 aliphatic rings. The Morgan fingerprint density at radius 1 is 1.16 bits per heavy atom. The van der Waals surface area contributed by atoms with Crippen LogP contribution in [-0.4, -0.2) is 40.2 Å². The molecule has 0 atom stereocenters. The molecule has 0 aliphatic heterocycles. The third-order valence-corrected chi connectivity index (χ3v) is 6.09. The summed E-state index contributed by atoms with van der Waals surface area (Å²) in [5.74, 6) is 1.20. The molecule has 0 saturated heterocycles. The number of para-hydroxylation sites is 1. The molecule has 0 spiro atoms. The fourth-order valence-electron chi connectivity index (χ4n) is 3.20. The maximum atomic E-state index is 13.1. The number of anilines is 1. The van der Waals surface area contributed by atoms with Crippen LogP contribution in [0.15, 0.2) is 61.2 Å². The van der Waals surface area contributed by atoms with Crippen LogP contribution >= 0.6 is 22.9 Å². The van der Waals surface area contributed by atoms with Crippen molar-refractivity contribution >= 4 is 44.2 Å². The number of ether oxygens (including phenoxy) is 2. The Morgan fingerprint density at radius 3 is 2.62 bits per heavy atom. The summed E-state index contributed by atoms with van der Waals surface area (Å²) in [6.45, 7) is 3.68. The summed E-state index contributed by atoms with van der Waals surface area (Å²) in [5.41, 5.74) is 0.703. The summed E-state index contributed by atoms with van der Waals surface area (Å²) in [6, 6.07) is 12.9. The molecule has 0 saturated carbocycles. The zero-order chi connectivity index (χ0) is 22.3. The van der Waals surface area contributed by atoms with Gasteiger partial charge in [-0.2, -0.15) is 0 Å². The third kappa shape index (κ3) is 5.38. The Labute approximate surface area is 195 Å². The number of amides is 1. The molecule has 0 radical (unpaired) electrons. The highest BCUT2D eigenvalue weighted by molar-refractivity contribution is 7.22. The zero-order valence-corrected chi connectivity index (χ0v) is 19.2. The van der Waals surface area contributed by atoms with Crippen molar-refractivity contribution in [3.63, 3.8) is 0 Å². The molecular formula is C23H23ClN4O3S. The van der Waals surface area contributed by atoms with E-state index in [0.717, 1.165) is 23.4 Å². The van der Waals surface area contributed by atoms with Gasteiger partial charge in [0.25, 0.3) is 5.91 Å². The van der Waals surface area contributed by atoms with Gasteiger partial charge in [-0.3, -0.25) is 9.69 Å². The second kappa shape index (κ2) is 10.5. The van der Waals surface area contributed by atoms with Gasteiger partial charge in [0.2, 0.25) is 0 Å². The summed E-state index contributed by atoms with van der Waals surface area (Å²) >= 11 is 7.74. The van der Waals surface area contributed by atoms with E-state index in [1.807, 2.05) is 42.0 Å². The molecule has 166 valence electrons. The van der Waals surface area contributed by atoms with Crippen LogP contribution in [0.2, 0.25) is 5.02 Å². The molecule has 7 nitrogen and oxygen atoms in total. The van der Waals surface area contributed by atoms with Crippen molar-refractivity contribution in [2.45, 2.75) is 19.9 Å². The highest BCUT2D eigenvalue weighted by Gasteiger charge is 2.21. The topological polar surface area (TPSA) is 69.5 Å². The number of hydrogen-bond donors (Lipinski definition) is 0. The SMILES string of the molecule is CCOc1ccc(OCC(=O)N(CCCn2ccnc2)c2nc3c(Cl)cccc3s2)cc1. The molecule has 2 aromatic heterocycles. The van der Waals surface area contributed by atoms with Crippen molar-refractivity contribution < 1.29 is 14.3 Å². The van der Waals surface area contributed by atoms with Crippen molar-refractivity contribution in [1.82, 2.24) is 14.5 Å². The van der Waals surface area contributed by atoms with Gasteiger partial charge >= 0.3 is 0 Å². The smallest absolute Gasteiger partial charge is 0.266 e. The number of benzene rings is 2. The summed E-state index contributed by atoms with van der Waals surface area (Å²) < 4.78 is 14.1. The third-order valence-electron chi connectivity index (χ3n) is 4.74. The van der Waals surface area contributed by atoms with E-state index in [-0.39, 0.29) is 12.5 Å². The van der Waals surface area contributed by atoms with Gasteiger partial charge in [0.15, 0.2) is 11.7 Å². The lowest BCUT2D eigenvalue weighted by atomic mass is 10.3. The van der Waals surface area contributed by atoms with E-state index in [0.29, 0.717) is 34.6 Å². The number of carbonyl (C=O) groups is 1. The number of fused-ring (bicyclic) bond motifs is 1. The number of hydrogen-bond acceptors (Lipinski definition) is 6. The quantitative estimate of drug-likeness (QED) is 0.324. The van der Waals surface area contributed by atoms with Gasteiger partial charge in [-0.15, -0.1) is 0 Å². The fraction of sp³-hybridized carbons (Fsp3) is 0.261. The average Bonchev–Trinajstić information content (AvgIpc) is 3.47. The largest absolute Gasteiger partial charge is 0.494 e. The first kappa shape index (κ1) is 22.1. The minimum atomic E-state index is -0.167. The maximum Gasteiger partial charge on any atom is 0.266 e. The standard InChI is InChI=1S/C23H23ClN4O3S/c1-2-30-17-7-9-18(10-8-17)31-15-21(29)28(13-4-12-27-14-11-25-16-27)23-26-22-19(24)5-3-6-20(22)32-23/h3,5-11,14,16H,2,4,12-13,15H2,1H3. The molecular weight excluding hydrogens is 448 g/mol. The normalized spacial score (nSPS) is 10.9. The molecule has 9 heteroatoms. The number of rotatable bonds is 10. The van der Waals surface area contributed by atoms with Crippen LogP contribution in [0.3, 0.4) is 0 Å². The average molecular weight is 471 g/mol. The van der Waals surface area contributed by atoms with Crippen LogP contribution < -0.4 is 14.4 Å². The molecule has 0 N–H and O–H groups in total. The maximum absolute atomic E-state index is 13.1. The summed E-state index contributed by atoms with van der Waals surface area (Å²) in [6.07, 6.45) is 6.15. The van der Waals surface area contributed by atoms with Crippen LogP contribution in [0.4, 0.5) is 5.13 Å². The van der Waals surface area contributed by atoms with Crippen molar-refractivity contribution in [1.29, 1.82) is 0 Å². The van der Waals surface area contributed by atoms with E-state index >= 15 is 0 Å². The predicted molar refractivity (Wildman–Crippen MR) is 127 cm³/mol. The van der Waals surface area contributed by atoms with Crippen molar-refractivity contribution in [2.75, 3.05) is 24.7 Å². The highest BCUT2D eigenvalue weighted by Crippen LogP contribution is 2.33. The van der Waals surface area contributed by atoms with Gasteiger partial charge in [0.1, 0.15) is 17.0 Å². The minimum Gasteiger partial charge on any atom is -0.494 e. The lowest BCUT2D eigenvalue weighted by Crippen LogP contribution is -2.36. The summed E-state index contributed by atoms with van der Waals surface area (Å²) in [7, 11) is 0. The Hall–Kier alpha value is -3.10. The Morgan fingerprint density at radius 2 is 1.94 bits per heavy atom. The molecule has 0 unspecified atom stereocenters. The van der Waals surface area contributed by atoms with Gasteiger partial charge in [-0.25, -0.2) is 9.97 Å². The first-order valence-electron chi connectivity index (χ1n) is 10.3. The number of thiazole rings is 1. The Kier molecular flexibility index (Phi) is 7.24. The first-order valence-corrected chi connectivity index (χ1v) is 11.5. The van der Waals surface area contributed by atoms with Gasteiger partial charge in [-0.1, -0.05) is 29.0 Å². The second-order valence-corrected chi connectivity index (χ2v) is 8.39. The van der Waals surface area contributed by atoms with E-state index in [1.165, 1.54) is 11.3 Å². The van der Waals surface area contributed by atoms with Crippen molar-refractivity contribution in [3.8, 4) is 11.5 Å². The van der Waals surface area contributed by atoms with E-state index < -0.39 is 0 Å². The number of aryl methyl sites for hydroxylation is 1. The molecule has 0 fully saturated rings. The minimum absolute atomic E-state index is 0.0945. The van der Waals surface area contributed by atoms with Gasteiger partial charge in [0.05, 0.1) is 22.7 Å². The summed E-state index contributed by atoms with van der Waals surface area (Å²) in [5, 5.41) is 1.18. The molecule has 2 heterocycles. The highest BCUT2D eigenvalue weighted by atomic mass is 35.5. The Bertz CT molecular complexity index is 1160. The lowest BCUT2D eigenvalue weighted by Gasteiger charge is -2.20. The van der Waals surface area contributed by atoms with E-state index in [4.69, 9.17) is 21.1 Å². The van der Waals surface area contributed by atoms with Crippen molar-refractivity contribution in [3.05, 3.63) is 66.2 Å². The zero-order valence-electron chi connectivity index (χ0n) is 17.6. The molecule has 0 bridgehead atoms. The number of imidazole rings is 1. The lowest BCUT2D eigenvalue weighted by molar-refractivity contribution is -0.120. The first-order chi connectivity index (χ1) is 15.6. The van der Waals surface area contributed by atoms with Crippen LogP contribution in [0.25, 0.3) is 10.2 Å². The molecule has 0 aliphatic carbocycles. The van der Waals surface area contributed by atoms with Crippen LogP contribution in [-0.2, 0) is 11.3 Å². The fourth-order valence-corrected chi connectivity index (χ4v) is 4.51. The number of nitrogens with zero attached hydrogens (tertiary/aromatic N) is 4. The van der Waals surface area contributed by atoms with Crippen LogP contribution in [0.1, 0.15) is 13.3 Å². The van der Waals surface area contributed by atoms with Crippen LogP contribution in [0, 0.1) is 0 Å². The second-order valence-electron chi connectivity index (χ2n) is 6.98. The monoisotopic (exact) mass is 470 g/mol. The Balaban J connectivity index is 1.47. The molecule has 32 heavy (non-hydrogen) atoms. The number of carbonyl (C=O) groups excluding carboxylic acids is 1. The van der Waals surface area contributed by atoms with Gasteiger partial charge in [-0.05, 0) is 49.7 Å². The number of aromatic nitrogens is 3. The molecule has 1 amide bonds. The van der Waals surface area contributed by atoms with E-state index in [9.17, 15) is 4.79 Å². The van der Waals surface area contributed by atoms with Gasteiger partial charge in [0, 0.05) is 25.5 Å². The summed E-state index contributed by atoms with van der Waals surface area (Å²) in [4.78, 5) is 23.5. The molecule has 4 rings (SSSR count). The van der Waals surface area contributed by atoms with E-state index in [2.05, 4.69) is 9.97 Å². The molecule has 4 aromatic rings. The van der Waals surface area contributed by atoms with Gasteiger partial charge < -0.3 is 14.0 Å². The number of halogens is 1. The van der Waals surface area contributed by atoms with Crippen molar-refractivity contribution in [2.24, 2.45) is 0 Å².